The van der Waals surface area contributed by atoms with E-state index in [0.717, 1.165) is 11.3 Å². The molecule has 0 radical (unpaired) electrons. The maximum Gasteiger partial charge on any atom is 0.124 e. The van der Waals surface area contributed by atoms with Gasteiger partial charge in [0.15, 0.2) is 0 Å². The molecule has 28 heavy (non-hydrogen) atoms. The van der Waals surface area contributed by atoms with Crippen LogP contribution in [0.2, 0.25) is 0 Å². The lowest BCUT2D eigenvalue weighted by atomic mass is 9.74. The minimum atomic E-state index is -0.972. The Hall–Kier alpha value is -2.62. The maximum absolute atomic E-state index is 11.9. The third-order valence-electron chi connectivity index (χ3n) is 6.02. The summed E-state index contributed by atoms with van der Waals surface area (Å²) in [6.07, 6.45) is 1.24. The summed E-state index contributed by atoms with van der Waals surface area (Å²) < 4.78 is 5.60. The molecule has 4 rings (SSSR count). The molecule has 1 fully saturated rings. The lowest BCUT2D eigenvalue weighted by Crippen LogP contribution is -2.45. The molecule has 3 nitrogen and oxygen atoms in total. The zero-order valence-electron chi connectivity index (χ0n) is 16.5. The zero-order valence-corrected chi connectivity index (χ0v) is 16.5. The first-order chi connectivity index (χ1) is 13.6. The minimum Gasteiger partial charge on any atom is -0.496 e. The number of aliphatic hydroxyl groups is 1. The van der Waals surface area contributed by atoms with E-state index in [1.807, 2.05) is 36.4 Å². The fourth-order valence-corrected chi connectivity index (χ4v) is 4.53. The largest absolute Gasteiger partial charge is 0.496 e. The van der Waals surface area contributed by atoms with Gasteiger partial charge in [-0.15, -0.1) is 0 Å². The Labute approximate surface area is 167 Å². The molecule has 1 saturated heterocycles. The third-order valence-corrected chi connectivity index (χ3v) is 6.02. The Morgan fingerprint density at radius 2 is 1.25 bits per heavy atom. The van der Waals surface area contributed by atoms with E-state index in [4.69, 9.17) is 4.74 Å². The molecule has 144 valence electrons. The number of likely N-dealkylation sites (tertiary alicyclic amines) is 1. The molecule has 3 heteroatoms. The van der Waals surface area contributed by atoms with Gasteiger partial charge in [0.25, 0.3) is 0 Å². The Kier molecular flexibility index (Phi) is 5.21. The van der Waals surface area contributed by atoms with Crippen molar-refractivity contribution in [3.8, 4) is 5.75 Å². The highest BCUT2D eigenvalue weighted by Crippen LogP contribution is 2.51. The summed E-state index contributed by atoms with van der Waals surface area (Å²) in [4.78, 5) is 2.40. The van der Waals surface area contributed by atoms with E-state index in [2.05, 4.69) is 60.5 Å². The van der Waals surface area contributed by atoms with Gasteiger partial charge in [-0.25, -0.2) is 0 Å². The summed E-state index contributed by atoms with van der Waals surface area (Å²) in [5.74, 6) is 0.744. The van der Waals surface area contributed by atoms with E-state index < -0.39 is 5.60 Å². The molecular weight excluding hydrogens is 346 g/mol. The molecule has 2 atom stereocenters. The molecular formula is C25H27NO2. The highest BCUT2D eigenvalue weighted by Gasteiger charge is 2.45. The van der Waals surface area contributed by atoms with Crippen molar-refractivity contribution in [3.63, 3.8) is 0 Å². The Morgan fingerprint density at radius 1 is 0.786 bits per heavy atom. The molecule has 1 aliphatic rings. The smallest absolute Gasteiger partial charge is 0.124 e. The average Bonchev–Trinajstić information content (AvgIpc) is 2.76. The van der Waals surface area contributed by atoms with Gasteiger partial charge >= 0.3 is 0 Å². The molecule has 2 unspecified atom stereocenters. The Morgan fingerprint density at radius 3 is 1.75 bits per heavy atom. The molecule has 0 spiro atoms. The summed E-state index contributed by atoms with van der Waals surface area (Å²) in [7, 11) is 3.83. The van der Waals surface area contributed by atoms with Gasteiger partial charge in [0.1, 0.15) is 5.75 Å². The topological polar surface area (TPSA) is 32.7 Å². The van der Waals surface area contributed by atoms with Crippen LogP contribution in [-0.2, 0) is 5.60 Å². The second-order valence-corrected chi connectivity index (χ2v) is 7.66. The van der Waals surface area contributed by atoms with Crippen LogP contribution in [-0.4, -0.2) is 24.2 Å². The van der Waals surface area contributed by atoms with E-state index in [9.17, 15) is 5.11 Å². The highest BCUT2D eigenvalue weighted by molar-refractivity contribution is 5.40. The number of hydrogen-bond donors (Lipinski definition) is 1. The average molecular weight is 373 g/mol. The van der Waals surface area contributed by atoms with Gasteiger partial charge in [0.2, 0.25) is 0 Å². The number of methoxy groups -OCH3 is 1. The van der Waals surface area contributed by atoms with Crippen LogP contribution >= 0.6 is 0 Å². The molecule has 3 aromatic carbocycles. The molecule has 0 saturated carbocycles. The number of nitrogens with zero attached hydrogens (tertiary/aromatic N) is 1. The molecule has 0 aromatic heterocycles. The number of para-hydroxylation sites is 1. The molecule has 0 amide bonds. The summed E-state index contributed by atoms with van der Waals surface area (Å²) in [5, 5.41) is 11.9. The van der Waals surface area contributed by atoms with Crippen LogP contribution in [0.25, 0.3) is 0 Å². The lowest BCUT2D eigenvalue weighted by molar-refractivity contribution is -0.0749. The van der Waals surface area contributed by atoms with Crippen molar-refractivity contribution in [2.75, 3.05) is 14.2 Å². The number of benzene rings is 3. The van der Waals surface area contributed by atoms with Gasteiger partial charge in [-0.2, -0.15) is 0 Å². The fourth-order valence-electron chi connectivity index (χ4n) is 4.53. The normalized spacial score (nSPS) is 25.4. The second-order valence-electron chi connectivity index (χ2n) is 7.66. The van der Waals surface area contributed by atoms with E-state index >= 15 is 0 Å². The third kappa shape index (κ3) is 3.44. The molecule has 3 aromatic rings. The standard InChI is InChI=1S/C25H27NO2/c1-26-22(19-11-5-3-6-12-19)17-25(27,21-15-9-10-16-24(21)28-2)18-23(26)20-13-7-4-8-14-20/h3-16,22-23,27H,17-18H2,1-2H3. The summed E-state index contributed by atoms with van der Waals surface area (Å²) in [6, 6.07) is 29.0. The van der Waals surface area contributed by atoms with Crippen molar-refractivity contribution in [2.45, 2.75) is 30.5 Å². The van der Waals surface area contributed by atoms with Gasteiger partial charge in [0, 0.05) is 30.5 Å². The first kappa shape index (κ1) is 18.7. The minimum absolute atomic E-state index is 0.107. The monoisotopic (exact) mass is 373 g/mol. The van der Waals surface area contributed by atoms with Crippen molar-refractivity contribution < 1.29 is 9.84 Å². The van der Waals surface area contributed by atoms with E-state index in [1.54, 1.807) is 7.11 Å². The van der Waals surface area contributed by atoms with Crippen LogP contribution in [0.5, 0.6) is 5.75 Å². The SMILES string of the molecule is COc1ccccc1C1(O)CC(c2ccccc2)N(C)C(c2ccccc2)C1. The van der Waals surface area contributed by atoms with Crippen molar-refractivity contribution in [3.05, 3.63) is 102 Å². The number of ether oxygens (including phenoxy) is 1. The molecule has 1 aliphatic heterocycles. The number of piperidine rings is 1. The van der Waals surface area contributed by atoms with Crippen LogP contribution in [0.1, 0.15) is 41.6 Å². The van der Waals surface area contributed by atoms with Crippen LogP contribution in [0, 0.1) is 0 Å². The van der Waals surface area contributed by atoms with Crippen molar-refractivity contribution in [1.82, 2.24) is 4.90 Å². The summed E-state index contributed by atoms with van der Waals surface area (Å²) in [5.41, 5.74) is 2.34. The van der Waals surface area contributed by atoms with E-state index in [-0.39, 0.29) is 12.1 Å². The van der Waals surface area contributed by atoms with Gasteiger partial charge in [-0.3, -0.25) is 4.90 Å². The second kappa shape index (κ2) is 7.78. The molecule has 0 aliphatic carbocycles. The summed E-state index contributed by atoms with van der Waals surface area (Å²) >= 11 is 0. The highest BCUT2D eigenvalue weighted by atomic mass is 16.5. The van der Waals surface area contributed by atoms with Gasteiger partial charge in [-0.05, 0) is 24.2 Å². The summed E-state index contributed by atoms with van der Waals surface area (Å²) in [6.45, 7) is 0. The van der Waals surface area contributed by atoms with Crippen molar-refractivity contribution >= 4 is 0 Å². The Balaban J connectivity index is 1.81. The molecule has 1 N–H and O–H groups in total. The van der Waals surface area contributed by atoms with Gasteiger partial charge in [-0.1, -0.05) is 78.9 Å². The van der Waals surface area contributed by atoms with Crippen LogP contribution in [0.3, 0.4) is 0 Å². The lowest BCUT2D eigenvalue weighted by Gasteiger charge is -2.48. The quantitative estimate of drug-likeness (QED) is 0.691. The zero-order chi connectivity index (χ0) is 19.6. The first-order valence-electron chi connectivity index (χ1n) is 9.80. The van der Waals surface area contributed by atoms with Crippen LogP contribution in [0.15, 0.2) is 84.9 Å². The predicted molar refractivity (Wildman–Crippen MR) is 112 cm³/mol. The van der Waals surface area contributed by atoms with Crippen LogP contribution < -0.4 is 4.74 Å². The van der Waals surface area contributed by atoms with E-state index in [0.29, 0.717) is 12.8 Å². The number of rotatable bonds is 4. The number of hydrogen-bond acceptors (Lipinski definition) is 3. The maximum atomic E-state index is 11.9. The van der Waals surface area contributed by atoms with E-state index in [1.165, 1.54) is 11.1 Å². The van der Waals surface area contributed by atoms with Crippen molar-refractivity contribution in [2.24, 2.45) is 0 Å². The van der Waals surface area contributed by atoms with Crippen LogP contribution in [0.4, 0.5) is 0 Å². The fraction of sp³-hybridized carbons (Fsp3) is 0.280. The first-order valence-corrected chi connectivity index (χ1v) is 9.80. The molecule has 1 heterocycles. The Bertz CT molecular complexity index is 861. The predicted octanol–water partition coefficient (Wildman–Crippen LogP) is 5.09. The molecule has 0 bridgehead atoms. The van der Waals surface area contributed by atoms with Gasteiger partial charge < -0.3 is 9.84 Å². The van der Waals surface area contributed by atoms with Gasteiger partial charge in [0.05, 0.1) is 12.7 Å². The van der Waals surface area contributed by atoms with Crippen molar-refractivity contribution in [1.29, 1.82) is 0 Å².